The highest BCUT2D eigenvalue weighted by Gasteiger charge is 2.42. The van der Waals surface area contributed by atoms with E-state index in [1.54, 1.807) is 12.1 Å². The van der Waals surface area contributed by atoms with E-state index >= 15 is 0 Å². The minimum Gasteiger partial charge on any atom is -0.478 e. The van der Waals surface area contributed by atoms with Gasteiger partial charge in [-0.05, 0) is 96.9 Å². The van der Waals surface area contributed by atoms with E-state index < -0.39 is 54.5 Å². The van der Waals surface area contributed by atoms with E-state index in [0.717, 1.165) is 84.4 Å². The van der Waals surface area contributed by atoms with Gasteiger partial charge in [-0.2, -0.15) is 11.8 Å². The van der Waals surface area contributed by atoms with Crippen LogP contribution in [0.2, 0.25) is 10.0 Å². The first-order chi connectivity index (χ1) is 52.7. The van der Waals surface area contributed by atoms with Gasteiger partial charge in [0.25, 0.3) is 17.1 Å². The average Bonchev–Trinajstić information content (AvgIpc) is 1.50. The van der Waals surface area contributed by atoms with Crippen molar-refractivity contribution in [2.75, 3.05) is 32.4 Å². The Hall–Kier alpha value is -10.8. The van der Waals surface area contributed by atoms with E-state index in [0.29, 0.717) is 33.8 Å². The predicted molar refractivity (Wildman–Crippen MR) is 440 cm³/mol. The molecule has 0 aliphatic carbocycles. The number of unbranched alkanes of at least 4 members (excludes halogenated alkanes) is 1. The van der Waals surface area contributed by atoms with Gasteiger partial charge < -0.3 is 35.3 Å². The Morgan fingerprint density at radius 3 is 1.24 bits per heavy atom. The lowest BCUT2D eigenvalue weighted by Gasteiger charge is -2.22. The molecule has 0 saturated carbocycles. The second-order valence-electron chi connectivity index (χ2n) is 22.6. The molecule has 3 atom stereocenters. The van der Waals surface area contributed by atoms with Crippen LogP contribution in [0.5, 0.6) is 0 Å². The van der Waals surface area contributed by atoms with Gasteiger partial charge in [-0.3, -0.25) is 35.1 Å². The van der Waals surface area contributed by atoms with Crippen LogP contribution in [0.25, 0.3) is 0 Å². The molecular weight excluding hydrogens is 1510 g/mol. The fourth-order valence-electron chi connectivity index (χ4n) is 10.7. The van der Waals surface area contributed by atoms with Crippen LogP contribution in [-0.4, -0.2) is 100 Å². The largest absolute Gasteiger partial charge is 0.478 e. The van der Waals surface area contributed by atoms with E-state index in [9.17, 15) is 59.1 Å². The monoisotopic (exact) mass is 1590 g/mol. The summed E-state index contributed by atoms with van der Waals surface area (Å²) in [6, 6.07) is 77.6. The molecule has 4 N–H and O–H groups in total. The number of halogens is 2. The average molecular weight is 1590 g/mol. The maximum atomic E-state index is 12.9. The minimum absolute atomic E-state index is 0.00560. The third-order valence-corrected chi connectivity index (χ3v) is 24.0. The number of fused-ring (bicyclic) bond motifs is 1. The van der Waals surface area contributed by atoms with E-state index in [1.807, 2.05) is 143 Å². The van der Waals surface area contributed by atoms with Crippen molar-refractivity contribution in [2.45, 2.75) is 70.7 Å². The van der Waals surface area contributed by atoms with Crippen LogP contribution in [0, 0.1) is 30.3 Å². The van der Waals surface area contributed by atoms with Gasteiger partial charge in [-0.25, -0.2) is 24.0 Å². The number of thioether (sulfide) groups is 1. The zero-order chi connectivity index (χ0) is 79.4. The minimum atomic E-state index is -1.21. The number of methoxy groups -OCH3 is 3. The number of rotatable bonds is 21. The number of esters is 3. The van der Waals surface area contributed by atoms with Crippen molar-refractivity contribution in [2.24, 2.45) is 0 Å². The summed E-state index contributed by atoms with van der Waals surface area (Å²) in [5, 5.41) is 58.1. The molecule has 2 fully saturated rings. The standard InChI is InChI=1S/C30H32N3O4PS.C20H16NO4P.C12H11P.C8H6ClNO4.C7H4ClNO4.2C2H6/c1-37-29(35)23-17-16-20(18-25(23)38(21-10-4-2-5-11-21)22-12-6-3-7-13-22)31-27(34)15-9-8-14-26-28-24(19-39-26)32-30(36)33-28;1-25-20(22)18-13-12-15(21(23)24)14-19(18)26(16-8-4-2-5-9-16)17-10-6-3-7-11-17;1-3-7-11(8-4-1)13-12-9-5-2-6-10-12;1-14-8(11)6-3-2-5(10(12)13)4-7(6)9;8-6-3-4(9(12)13)1-2-5(6)7(10)11;2*1-2/h2-7,10-13,16-18,24,26,28H,8-9,14-15,19H2,1H3,(H,31,34)(H2,32,33,36);2-14H,1H3;1-10,13H;2-4H,1H3;1-3H,(H,10,11);2*1-2H3/t24?,26-,28?;;;;;;/m1....../s1. The number of carboxylic acid groups (broad SMARTS) is 1. The van der Waals surface area contributed by atoms with Crippen molar-refractivity contribution in [1.29, 1.82) is 0 Å². The molecule has 28 heteroatoms. The van der Waals surface area contributed by atoms with Crippen LogP contribution >= 0.6 is 59.4 Å². The third-order valence-electron chi connectivity index (χ3n) is 15.7. The molecule has 12 rings (SSSR count). The number of urea groups is 1. The zero-order valence-corrected chi connectivity index (χ0v) is 65.6. The molecule has 3 amide bonds. The van der Waals surface area contributed by atoms with Crippen LogP contribution in [0.3, 0.4) is 0 Å². The number of hydrogen-bond donors (Lipinski definition) is 4. The van der Waals surface area contributed by atoms with E-state index in [4.69, 9.17) is 37.8 Å². The summed E-state index contributed by atoms with van der Waals surface area (Å²) in [6.07, 6.45) is 3.08. The van der Waals surface area contributed by atoms with Gasteiger partial charge in [0.05, 0.1) is 80.5 Å². The molecule has 109 heavy (non-hydrogen) atoms. The second-order valence-corrected chi connectivity index (χ2v) is 30.5. The van der Waals surface area contributed by atoms with Gasteiger partial charge in [-0.1, -0.05) is 248 Å². The molecule has 22 nitrogen and oxygen atoms in total. The summed E-state index contributed by atoms with van der Waals surface area (Å²) in [6.45, 7) is 8.00. The number of carboxylic acids is 1. The lowest BCUT2D eigenvalue weighted by molar-refractivity contribution is -0.385. The fourth-order valence-corrected chi connectivity index (χ4v) is 18.8. The Bertz CT molecular complexity index is 4550. The first-order valence-electron chi connectivity index (χ1n) is 34.1. The van der Waals surface area contributed by atoms with Gasteiger partial charge in [0.15, 0.2) is 0 Å². The van der Waals surface area contributed by atoms with Crippen molar-refractivity contribution in [3.05, 3.63) is 317 Å². The highest BCUT2D eigenvalue weighted by molar-refractivity contribution is 8.00. The number of nitrogens with zero attached hydrogens (tertiary/aromatic N) is 3. The van der Waals surface area contributed by atoms with Gasteiger partial charge in [0.1, 0.15) is 0 Å². The fraction of sp³-hybridized carbons (Fsp3) is 0.185. The lowest BCUT2D eigenvalue weighted by atomic mass is 10.0. The molecule has 2 saturated heterocycles. The van der Waals surface area contributed by atoms with Crippen LogP contribution in [-0.2, 0) is 19.0 Å². The second kappa shape index (κ2) is 45.8. The molecule has 2 heterocycles. The van der Waals surface area contributed by atoms with E-state index in [2.05, 4.69) is 106 Å². The molecule has 10 aromatic rings. The molecule has 0 radical (unpaired) electrons. The molecule has 0 aromatic heterocycles. The van der Waals surface area contributed by atoms with Crippen LogP contribution in [0.15, 0.2) is 255 Å². The van der Waals surface area contributed by atoms with Crippen LogP contribution in [0.1, 0.15) is 94.8 Å². The SMILES string of the molecule is CC.CC.COC(=O)c1ccc(NC(=O)CCCC[C@H]2SCC3NC(=O)NC32)cc1P(c1ccccc1)c1ccccc1.COC(=O)c1ccc([N+](=O)[O-])cc1Cl.COC(=O)c1ccc([N+](=O)[O-])cc1P(c1ccccc1)c1ccccc1.O=C(O)c1ccc([N+](=O)[O-])cc1Cl.c1ccc(Pc2ccccc2)cc1. The number of carbonyl (C=O) groups excluding carboxylic acids is 5. The molecule has 2 aliphatic rings. The van der Waals surface area contributed by atoms with Crippen molar-refractivity contribution in [3.8, 4) is 0 Å². The number of ether oxygens (including phenoxy) is 3. The summed E-state index contributed by atoms with van der Waals surface area (Å²) < 4.78 is 14.4. The number of aromatic carboxylic acids is 1. The summed E-state index contributed by atoms with van der Waals surface area (Å²) >= 11 is 13.0. The highest BCUT2D eigenvalue weighted by Crippen LogP contribution is 2.38. The van der Waals surface area contributed by atoms with E-state index in [1.165, 1.54) is 62.3 Å². The molecule has 2 aliphatic heterocycles. The van der Waals surface area contributed by atoms with Gasteiger partial charge >= 0.3 is 29.9 Å². The predicted octanol–water partition coefficient (Wildman–Crippen LogP) is 15.4. The van der Waals surface area contributed by atoms with Gasteiger partial charge in [-0.15, -0.1) is 0 Å². The number of nitro benzene ring substituents is 3. The van der Waals surface area contributed by atoms with Crippen LogP contribution < -0.4 is 58.4 Å². The third kappa shape index (κ3) is 26.3. The Balaban J connectivity index is 0.000000228. The maximum Gasteiger partial charge on any atom is 0.339 e. The Labute approximate surface area is 650 Å². The Kier molecular flexibility index (Phi) is 36.6. The van der Waals surface area contributed by atoms with Crippen molar-refractivity contribution in [1.82, 2.24) is 10.6 Å². The number of amides is 3. The Morgan fingerprint density at radius 2 is 0.853 bits per heavy atom. The smallest absolute Gasteiger partial charge is 0.339 e. The summed E-state index contributed by atoms with van der Waals surface area (Å²) in [4.78, 5) is 101. The number of carbonyl (C=O) groups is 6. The number of nitro groups is 3. The first kappa shape index (κ1) is 87.2. The van der Waals surface area contributed by atoms with Gasteiger partial charge in [0.2, 0.25) is 5.91 Å². The van der Waals surface area contributed by atoms with E-state index in [-0.39, 0.29) is 62.3 Å². The topological polar surface area (TPSA) is 316 Å². The number of non-ortho nitro benzene ring substituents is 3. The Morgan fingerprint density at radius 1 is 0.495 bits per heavy atom. The summed E-state index contributed by atoms with van der Waals surface area (Å²) in [5.74, 6) is -1.85. The number of hydrogen-bond acceptors (Lipinski definition) is 16. The molecule has 566 valence electrons. The molecular formula is C81H81Cl2N6O16P3S. The zero-order valence-electron chi connectivity index (χ0n) is 60.5. The van der Waals surface area contributed by atoms with Crippen molar-refractivity contribution in [3.63, 3.8) is 0 Å². The number of benzene rings is 10. The maximum absolute atomic E-state index is 12.9. The van der Waals surface area contributed by atoms with Crippen LogP contribution in [0.4, 0.5) is 27.5 Å². The van der Waals surface area contributed by atoms with Crippen molar-refractivity contribution < 1.29 is 62.9 Å². The normalized spacial score (nSPS) is 13.2. The van der Waals surface area contributed by atoms with Gasteiger partial charge in [0, 0.05) is 70.1 Å². The van der Waals surface area contributed by atoms with Crippen molar-refractivity contribution >= 4 is 160 Å². The molecule has 0 spiro atoms. The highest BCUT2D eigenvalue weighted by atomic mass is 35.5. The summed E-state index contributed by atoms with van der Waals surface area (Å²) in [7, 11) is 2.46. The number of anilines is 1. The lowest BCUT2D eigenvalue weighted by Crippen LogP contribution is -2.36. The first-order valence-corrected chi connectivity index (χ1v) is 39.6. The molecule has 2 unspecified atom stereocenters. The molecule has 0 bridgehead atoms. The summed E-state index contributed by atoms with van der Waals surface area (Å²) in [5.41, 5.74) is 1.03. The number of nitrogens with one attached hydrogen (secondary N) is 3. The molecule has 10 aromatic carbocycles. The quantitative estimate of drug-likeness (QED) is 0.00988.